The molecular formula is C24H41N5O2. The van der Waals surface area contributed by atoms with Crippen LogP contribution in [0.25, 0.3) is 5.70 Å². The van der Waals surface area contributed by atoms with Crippen LogP contribution in [0.15, 0.2) is 36.9 Å². The molecule has 0 radical (unpaired) electrons. The van der Waals surface area contributed by atoms with Crippen LogP contribution in [0.5, 0.6) is 5.75 Å². The van der Waals surface area contributed by atoms with Crippen LogP contribution in [0.4, 0.5) is 5.82 Å². The molecule has 1 aliphatic heterocycles. The van der Waals surface area contributed by atoms with E-state index in [1.807, 2.05) is 47.0 Å². The van der Waals surface area contributed by atoms with Gasteiger partial charge < -0.3 is 19.6 Å². The molecule has 31 heavy (non-hydrogen) atoms. The molecule has 1 N–H and O–H groups in total. The smallest absolute Gasteiger partial charge is 0.147 e. The average Bonchev–Trinajstić information content (AvgIpc) is 2.87. The van der Waals surface area contributed by atoms with Gasteiger partial charge in [0.15, 0.2) is 0 Å². The van der Waals surface area contributed by atoms with Crippen LogP contribution in [0, 0.1) is 6.92 Å². The lowest BCUT2D eigenvalue weighted by Gasteiger charge is -2.38. The van der Waals surface area contributed by atoms with Crippen molar-refractivity contribution >= 4 is 11.5 Å². The highest BCUT2D eigenvalue weighted by Crippen LogP contribution is 2.26. The summed E-state index contributed by atoms with van der Waals surface area (Å²) in [6, 6.07) is 2.08. The molecule has 0 saturated carbocycles. The Bertz CT molecular complexity index is 730. The fourth-order valence-electron chi connectivity index (χ4n) is 3.11. The van der Waals surface area contributed by atoms with Crippen molar-refractivity contribution in [1.82, 2.24) is 19.9 Å². The largest absolute Gasteiger partial charge is 0.495 e. The molecule has 1 saturated heterocycles. The van der Waals surface area contributed by atoms with Crippen LogP contribution in [0.2, 0.25) is 0 Å². The molecule has 174 valence electrons. The van der Waals surface area contributed by atoms with Crippen molar-refractivity contribution in [2.24, 2.45) is 0 Å². The molecule has 7 heteroatoms. The van der Waals surface area contributed by atoms with Gasteiger partial charge in [-0.3, -0.25) is 9.97 Å². The van der Waals surface area contributed by atoms with Gasteiger partial charge in [-0.15, -0.1) is 0 Å². The number of aliphatic hydroxyl groups excluding tert-OH is 1. The monoisotopic (exact) mass is 431 g/mol. The molecule has 0 bridgehead atoms. The quantitative estimate of drug-likeness (QED) is 0.751. The lowest BCUT2D eigenvalue weighted by atomic mass is 10.1. The Balaban J connectivity index is 0.00000138. The summed E-state index contributed by atoms with van der Waals surface area (Å²) in [5, 5.41) is 7.00. The maximum absolute atomic E-state index is 7.00. The number of hydrogen-bond acceptors (Lipinski definition) is 7. The molecule has 0 aromatic carbocycles. The summed E-state index contributed by atoms with van der Waals surface area (Å²) in [6.07, 6.45) is 10.5. The van der Waals surface area contributed by atoms with Crippen LogP contribution in [0.3, 0.4) is 0 Å². The van der Waals surface area contributed by atoms with E-state index < -0.39 is 0 Å². The average molecular weight is 432 g/mol. The third-order valence-corrected chi connectivity index (χ3v) is 4.45. The van der Waals surface area contributed by atoms with Crippen molar-refractivity contribution in [3.05, 3.63) is 48.2 Å². The zero-order valence-electron chi connectivity index (χ0n) is 20.6. The van der Waals surface area contributed by atoms with Crippen LogP contribution in [-0.2, 0) is 0 Å². The molecule has 1 aliphatic rings. The van der Waals surface area contributed by atoms with Crippen LogP contribution in [0.1, 0.15) is 52.3 Å². The number of rotatable bonds is 5. The Morgan fingerprint density at radius 2 is 1.68 bits per heavy atom. The lowest BCUT2D eigenvalue weighted by Crippen LogP contribution is -2.45. The molecule has 1 fully saturated rings. The van der Waals surface area contributed by atoms with Gasteiger partial charge in [0.1, 0.15) is 11.6 Å². The maximum Gasteiger partial charge on any atom is 0.147 e. The predicted molar refractivity (Wildman–Crippen MR) is 130 cm³/mol. The molecule has 3 rings (SSSR count). The number of aryl methyl sites for hydroxylation is 1. The zero-order chi connectivity index (χ0) is 23.6. The normalized spacial score (nSPS) is 13.0. The second-order valence-corrected chi connectivity index (χ2v) is 6.05. The van der Waals surface area contributed by atoms with Gasteiger partial charge in [-0.25, -0.2) is 4.98 Å². The molecule has 2 aromatic heterocycles. The SMILES string of the molecule is CC.CC.CC/C=C(/c1cnc(C)c(OC)c1)N1CCN(c2cnccn2)CC1.CO. The van der Waals surface area contributed by atoms with E-state index in [1.54, 1.807) is 19.5 Å². The second kappa shape index (κ2) is 17.1. The lowest BCUT2D eigenvalue weighted by molar-refractivity contribution is 0.364. The minimum absolute atomic E-state index is 0.831. The summed E-state index contributed by atoms with van der Waals surface area (Å²) in [4.78, 5) is 17.8. The summed E-state index contributed by atoms with van der Waals surface area (Å²) < 4.78 is 5.44. The molecule has 0 unspecified atom stereocenters. The van der Waals surface area contributed by atoms with Crippen molar-refractivity contribution in [2.45, 2.75) is 48.0 Å². The van der Waals surface area contributed by atoms with Gasteiger partial charge in [0.2, 0.25) is 0 Å². The third-order valence-electron chi connectivity index (χ3n) is 4.45. The first kappa shape index (κ1) is 28.3. The van der Waals surface area contributed by atoms with Gasteiger partial charge in [-0.1, -0.05) is 40.7 Å². The predicted octanol–water partition coefficient (Wildman–Crippen LogP) is 4.42. The van der Waals surface area contributed by atoms with Gasteiger partial charge in [0.05, 0.1) is 19.0 Å². The summed E-state index contributed by atoms with van der Waals surface area (Å²) in [5.41, 5.74) is 3.25. The Labute approximate surface area is 188 Å². The van der Waals surface area contributed by atoms with E-state index in [2.05, 4.69) is 43.8 Å². The Hall–Kier alpha value is -2.67. The van der Waals surface area contributed by atoms with Crippen molar-refractivity contribution in [2.75, 3.05) is 45.3 Å². The highest BCUT2D eigenvalue weighted by atomic mass is 16.5. The minimum Gasteiger partial charge on any atom is -0.495 e. The van der Waals surface area contributed by atoms with E-state index in [0.29, 0.717) is 0 Å². The number of allylic oxidation sites excluding steroid dienone is 1. The number of nitrogens with zero attached hydrogens (tertiary/aromatic N) is 5. The number of anilines is 1. The summed E-state index contributed by atoms with van der Waals surface area (Å²) in [6.45, 7) is 15.9. The number of ether oxygens (including phenoxy) is 1. The van der Waals surface area contributed by atoms with Crippen molar-refractivity contribution < 1.29 is 9.84 Å². The highest BCUT2D eigenvalue weighted by molar-refractivity contribution is 5.65. The first-order valence-corrected chi connectivity index (χ1v) is 11.1. The summed E-state index contributed by atoms with van der Waals surface area (Å²) >= 11 is 0. The van der Waals surface area contributed by atoms with Crippen molar-refractivity contribution in [3.8, 4) is 5.75 Å². The first-order valence-electron chi connectivity index (χ1n) is 11.1. The van der Waals surface area contributed by atoms with Gasteiger partial charge in [-0.05, 0) is 19.4 Å². The van der Waals surface area contributed by atoms with Crippen molar-refractivity contribution in [3.63, 3.8) is 0 Å². The zero-order valence-corrected chi connectivity index (χ0v) is 20.6. The number of pyridine rings is 1. The van der Waals surface area contributed by atoms with Gasteiger partial charge in [0, 0.05) is 63.1 Å². The second-order valence-electron chi connectivity index (χ2n) is 6.05. The van der Waals surface area contributed by atoms with Crippen LogP contribution in [-0.4, -0.2) is 65.4 Å². The van der Waals surface area contributed by atoms with E-state index in [-0.39, 0.29) is 0 Å². The number of aromatic nitrogens is 3. The summed E-state index contributed by atoms with van der Waals surface area (Å²) in [7, 11) is 2.69. The number of piperazine rings is 1. The van der Waals surface area contributed by atoms with Crippen LogP contribution < -0.4 is 9.64 Å². The van der Waals surface area contributed by atoms with Crippen molar-refractivity contribution in [1.29, 1.82) is 0 Å². The van der Waals surface area contributed by atoms with E-state index in [9.17, 15) is 0 Å². The fraction of sp³-hybridized carbons (Fsp3) is 0.542. The standard InChI is InChI=1S/C19H25N5O.2C2H6.CH4O/c1-4-5-17(16-12-18(25-3)15(2)22-13-16)23-8-10-24(11-9-23)19-14-20-6-7-21-19;3*1-2/h5-7,12-14H,4,8-11H2,1-3H3;2*1-2H3;2H,1H3/b17-5-;;;. The Kier molecular flexibility index (Phi) is 15.6. The van der Waals surface area contributed by atoms with Gasteiger partial charge in [0.25, 0.3) is 0 Å². The molecule has 3 heterocycles. The molecule has 0 spiro atoms. The van der Waals surface area contributed by atoms with E-state index in [0.717, 1.165) is 62.5 Å². The molecular weight excluding hydrogens is 390 g/mol. The number of methoxy groups -OCH3 is 1. The number of hydrogen-bond donors (Lipinski definition) is 1. The number of aliphatic hydroxyl groups is 1. The summed E-state index contributed by atoms with van der Waals surface area (Å²) in [5.74, 6) is 1.78. The van der Waals surface area contributed by atoms with E-state index in [1.165, 1.54) is 5.70 Å². The Morgan fingerprint density at radius 3 is 2.19 bits per heavy atom. The molecule has 0 atom stereocenters. The minimum atomic E-state index is 0.831. The van der Waals surface area contributed by atoms with Gasteiger partial charge in [-0.2, -0.15) is 0 Å². The van der Waals surface area contributed by atoms with Crippen LogP contribution >= 0.6 is 0 Å². The highest BCUT2D eigenvalue weighted by Gasteiger charge is 2.21. The molecule has 0 amide bonds. The molecule has 7 nitrogen and oxygen atoms in total. The van der Waals surface area contributed by atoms with E-state index in [4.69, 9.17) is 9.84 Å². The maximum atomic E-state index is 7.00. The molecule has 2 aromatic rings. The molecule has 0 aliphatic carbocycles. The van der Waals surface area contributed by atoms with Gasteiger partial charge >= 0.3 is 0 Å². The Morgan fingerprint density at radius 1 is 1.03 bits per heavy atom. The first-order chi connectivity index (χ1) is 15.2. The van der Waals surface area contributed by atoms with E-state index >= 15 is 0 Å². The topological polar surface area (TPSA) is 74.6 Å². The third kappa shape index (κ3) is 8.53. The fourth-order valence-corrected chi connectivity index (χ4v) is 3.11.